The third-order valence-corrected chi connectivity index (χ3v) is 6.34. The third-order valence-electron chi connectivity index (χ3n) is 5.42. The molecular weight excluding hydrogens is 525 g/mol. The van der Waals surface area contributed by atoms with E-state index >= 15 is 0 Å². The first-order chi connectivity index (χ1) is 18.7. The number of rotatable bonds is 12. The summed E-state index contributed by atoms with van der Waals surface area (Å²) in [5.41, 5.74) is 2.24. The second kappa shape index (κ2) is 13.0. The molecule has 0 aliphatic carbocycles. The van der Waals surface area contributed by atoms with Crippen LogP contribution in [0, 0.1) is 5.82 Å². The molecule has 0 radical (unpaired) electrons. The van der Waals surface area contributed by atoms with Gasteiger partial charge < -0.3 is 24.3 Å². The Morgan fingerprint density at radius 3 is 2.72 bits per heavy atom. The number of carbonyl (C=O) groups excluding carboxylic acids is 1. The number of alkyl carbamates (subject to hydrolysis) is 1. The number of thiophene rings is 1. The van der Waals surface area contributed by atoms with Crippen LogP contribution in [0.4, 0.5) is 9.18 Å². The van der Waals surface area contributed by atoms with Crippen LogP contribution in [-0.4, -0.2) is 71.8 Å². The Labute approximate surface area is 230 Å². The van der Waals surface area contributed by atoms with Gasteiger partial charge in [0.25, 0.3) is 0 Å². The van der Waals surface area contributed by atoms with Gasteiger partial charge in [0.1, 0.15) is 35.2 Å². The van der Waals surface area contributed by atoms with Gasteiger partial charge in [0.15, 0.2) is 0 Å². The van der Waals surface area contributed by atoms with Crippen molar-refractivity contribution in [2.45, 2.75) is 32.9 Å². The molecule has 10 nitrogen and oxygen atoms in total. The van der Waals surface area contributed by atoms with Crippen molar-refractivity contribution in [1.29, 1.82) is 0 Å². The molecule has 3 aromatic heterocycles. The normalized spacial score (nSPS) is 11.6. The summed E-state index contributed by atoms with van der Waals surface area (Å²) < 4.78 is 38.6. The molecule has 4 rings (SSSR count). The minimum Gasteiger partial charge on any atom is -0.490 e. The van der Waals surface area contributed by atoms with Crippen molar-refractivity contribution in [2.75, 3.05) is 40.1 Å². The number of carbonyl (C=O) groups is 1. The monoisotopic (exact) mass is 557 g/mol. The van der Waals surface area contributed by atoms with Crippen LogP contribution in [0.5, 0.6) is 5.75 Å². The lowest BCUT2D eigenvalue weighted by molar-refractivity contribution is 0.0489. The average Bonchev–Trinajstić information content (AvgIpc) is 3.56. The number of halogens is 1. The molecule has 0 fully saturated rings. The Bertz CT molecular complexity index is 1400. The van der Waals surface area contributed by atoms with Crippen LogP contribution in [0.2, 0.25) is 0 Å². The predicted octanol–water partition coefficient (Wildman–Crippen LogP) is 4.93. The average molecular weight is 558 g/mol. The minimum absolute atomic E-state index is 0.183. The van der Waals surface area contributed by atoms with Crippen LogP contribution in [-0.2, 0) is 20.8 Å². The number of ether oxygens (including phenoxy) is 4. The minimum atomic E-state index is -0.561. The molecule has 0 atom stereocenters. The van der Waals surface area contributed by atoms with Crippen LogP contribution in [0.3, 0.4) is 0 Å². The largest absolute Gasteiger partial charge is 0.490 e. The Hall–Kier alpha value is -3.61. The second-order valence-electron chi connectivity index (χ2n) is 9.58. The van der Waals surface area contributed by atoms with Crippen molar-refractivity contribution < 1.29 is 28.1 Å². The van der Waals surface area contributed by atoms with E-state index in [0.29, 0.717) is 36.7 Å². The maximum absolute atomic E-state index is 14.1. The molecule has 0 saturated carbocycles. The Balaban J connectivity index is 1.41. The number of amides is 1. The van der Waals surface area contributed by atoms with Crippen LogP contribution >= 0.6 is 11.3 Å². The number of aromatic nitrogens is 4. The quantitative estimate of drug-likeness (QED) is 0.244. The lowest BCUT2D eigenvalue weighted by atomic mass is 10.1. The number of fused-ring (bicyclic) bond motifs is 1. The molecule has 0 aliphatic heterocycles. The maximum Gasteiger partial charge on any atom is 0.407 e. The van der Waals surface area contributed by atoms with Gasteiger partial charge in [0.2, 0.25) is 0 Å². The summed E-state index contributed by atoms with van der Waals surface area (Å²) in [6.07, 6.45) is 3.17. The molecule has 12 heteroatoms. The number of hydrogen-bond acceptors (Lipinski definition) is 9. The van der Waals surface area contributed by atoms with Gasteiger partial charge in [-0.3, -0.25) is 4.68 Å². The highest BCUT2D eigenvalue weighted by atomic mass is 32.1. The van der Waals surface area contributed by atoms with Gasteiger partial charge in [-0.15, -0.1) is 21.5 Å². The summed E-state index contributed by atoms with van der Waals surface area (Å²) in [4.78, 5) is 11.7. The molecule has 39 heavy (non-hydrogen) atoms. The van der Waals surface area contributed by atoms with Crippen molar-refractivity contribution in [2.24, 2.45) is 0 Å². The Kier molecular flexibility index (Phi) is 9.44. The van der Waals surface area contributed by atoms with Gasteiger partial charge in [0.05, 0.1) is 37.3 Å². The van der Waals surface area contributed by atoms with Crippen LogP contribution in [0.15, 0.2) is 42.0 Å². The molecule has 208 valence electrons. The molecule has 0 unspecified atom stereocenters. The lowest BCUT2D eigenvalue weighted by Crippen LogP contribution is -2.34. The topological polar surface area (TPSA) is 110 Å². The van der Waals surface area contributed by atoms with E-state index in [1.807, 2.05) is 17.6 Å². The lowest BCUT2D eigenvalue weighted by Gasteiger charge is -2.19. The van der Waals surface area contributed by atoms with Gasteiger partial charge in [0, 0.05) is 42.4 Å². The maximum atomic E-state index is 14.1. The van der Waals surface area contributed by atoms with E-state index in [9.17, 15) is 9.18 Å². The predicted molar refractivity (Wildman–Crippen MR) is 146 cm³/mol. The van der Waals surface area contributed by atoms with E-state index < -0.39 is 17.5 Å². The van der Waals surface area contributed by atoms with E-state index in [2.05, 4.69) is 20.6 Å². The SMILES string of the molecule is COCCn1cc(-c2nnc(-c3ccc(F)cc3OCCOCCNC(=O)OC(C)(C)C)c3sccc23)cn1. The number of hydrogen-bond donors (Lipinski definition) is 1. The van der Waals surface area contributed by atoms with E-state index in [0.717, 1.165) is 21.3 Å². The first kappa shape index (κ1) is 28.4. The van der Waals surface area contributed by atoms with Gasteiger partial charge >= 0.3 is 6.09 Å². The number of nitrogens with one attached hydrogen (secondary N) is 1. The summed E-state index contributed by atoms with van der Waals surface area (Å²) >= 11 is 1.53. The third kappa shape index (κ3) is 7.71. The van der Waals surface area contributed by atoms with E-state index in [1.165, 1.54) is 23.5 Å². The van der Waals surface area contributed by atoms with Gasteiger partial charge in [-0.2, -0.15) is 5.10 Å². The molecule has 1 amide bonds. The highest BCUT2D eigenvalue weighted by molar-refractivity contribution is 7.17. The van der Waals surface area contributed by atoms with Gasteiger partial charge in [-0.05, 0) is 44.4 Å². The smallest absolute Gasteiger partial charge is 0.407 e. The summed E-state index contributed by atoms with van der Waals surface area (Å²) in [5.74, 6) is -0.0821. The number of methoxy groups -OCH3 is 1. The van der Waals surface area contributed by atoms with E-state index in [-0.39, 0.29) is 19.8 Å². The van der Waals surface area contributed by atoms with Crippen molar-refractivity contribution in [3.8, 4) is 28.3 Å². The molecule has 0 aliphatic rings. The van der Waals surface area contributed by atoms with Crippen molar-refractivity contribution in [3.05, 3.63) is 47.9 Å². The van der Waals surface area contributed by atoms with Crippen molar-refractivity contribution >= 4 is 27.5 Å². The van der Waals surface area contributed by atoms with E-state index in [1.54, 1.807) is 44.8 Å². The summed E-state index contributed by atoms with van der Waals surface area (Å²) in [6.45, 7) is 7.59. The van der Waals surface area contributed by atoms with Crippen molar-refractivity contribution in [1.82, 2.24) is 25.3 Å². The summed E-state index contributed by atoms with van der Waals surface area (Å²) in [5, 5.41) is 18.9. The molecular formula is C27H32FN5O5S. The summed E-state index contributed by atoms with van der Waals surface area (Å²) in [6, 6.07) is 6.33. The first-order valence-electron chi connectivity index (χ1n) is 12.5. The van der Waals surface area contributed by atoms with Crippen molar-refractivity contribution in [3.63, 3.8) is 0 Å². The Morgan fingerprint density at radius 2 is 1.92 bits per heavy atom. The highest BCUT2D eigenvalue weighted by Crippen LogP contribution is 2.39. The van der Waals surface area contributed by atoms with Crippen LogP contribution in [0.1, 0.15) is 20.8 Å². The fourth-order valence-electron chi connectivity index (χ4n) is 3.72. The molecule has 1 N–H and O–H groups in total. The molecule has 0 saturated heterocycles. The van der Waals surface area contributed by atoms with E-state index in [4.69, 9.17) is 18.9 Å². The molecule has 4 aromatic rings. The summed E-state index contributed by atoms with van der Waals surface area (Å²) in [7, 11) is 1.65. The second-order valence-corrected chi connectivity index (χ2v) is 10.5. The zero-order valence-electron chi connectivity index (χ0n) is 22.4. The molecule has 3 heterocycles. The van der Waals surface area contributed by atoms with Gasteiger partial charge in [-0.1, -0.05) is 0 Å². The van der Waals surface area contributed by atoms with Crippen LogP contribution in [0.25, 0.3) is 32.6 Å². The zero-order valence-corrected chi connectivity index (χ0v) is 23.2. The molecule has 0 spiro atoms. The molecule has 0 bridgehead atoms. The van der Waals surface area contributed by atoms with Gasteiger partial charge in [-0.25, -0.2) is 9.18 Å². The van der Waals surface area contributed by atoms with Crippen LogP contribution < -0.4 is 10.1 Å². The fraction of sp³-hybridized carbons (Fsp3) is 0.407. The highest BCUT2D eigenvalue weighted by Gasteiger charge is 2.19. The first-order valence-corrected chi connectivity index (χ1v) is 13.4. The number of nitrogens with zero attached hydrogens (tertiary/aromatic N) is 4. The Morgan fingerprint density at radius 1 is 1.10 bits per heavy atom. The zero-order chi connectivity index (χ0) is 27.8. The standard InChI is InChI=1S/C27H32FN5O5S/c1-27(2,3)38-26(34)29-8-10-36-12-13-37-22-15-19(28)5-6-20(22)24-25-21(7-14-39-25)23(31-32-24)18-16-30-33(17-18)9-11-35-4/h5-7,14-17H,8-13H2,1-4H3,(H,29,34). The fourth-order valence-corrected chi connectivity index (χ4v) is 4.62. The number of benzene rings is 1. The molecule has 1 aromatic carbocycles.